The molecule has 90 valence electrons. The predicted octanol–water partition coefficient (Wildman–Crippen LogP) is -1.06. The van der Waals surface area contributed by atoms with E-state index >= 15 is 0 Å². The van der Waals surface area contributed by atoms with Crippen LogP contribution in [0, 0.1) is 0 Å². The van der Waals surface area contributed by atoms with Gasteiger partial charge in [0.1, 0.15) is 0 Å². The SMILES string of the molecule is COCC(CCN)NS(=O)(=O)NC1CC1. The first-order valence-corrected chi connectivity index (χ1v) is 6.54. The van der Waals surface area contributed by atoms with Crippen LogP contribution in [-0.2, 0) is 14.9 Å². The van der Waals surface area contributed by atoms with Gasteiger partial charge in [0.25, 0.3) is 10.2 Å². The lowest BCUT2D eigenvalue weighted by Gasteiger charge is -2.17. The lowest BCUT2D eigenvalue weighted by molar-refractivity contribution is 0.172. The highest BCUT2D eigenvalue weighted by Crippen LogP contribution is 2.19. The average molecular weight is 237 g/mol. The first-order valence-electron chi connectivity index (χ1n) is 5.06. The third-order valence-corrected chi connectivity index (χ3v) is 3.39. The summed E-state index contributed by atoms with van der Waals surface area (Å²) in [7, 11) is -1.86. The molecule has 0 aliphatic heterocycles. The summed E-state index contributed by atoms with van der Waals surface area (Å²) in [5.74, 6) is 0. The molecule has 1 aliphatic rings. The Kier molecular flexibility index (Phi) is 4.94. The fraction of sp³-hybridized carbons (Fsp3) is 1.00. The number of hydrogen-bond donors (Lipinski definition) is 3. The second kappa shape index (κ2) is 5.76. The molecule has 0 saturated heterocycles. The number of hydrogen-bond acceptors (Lipinski definition) is 4. The van der Waals surface area contributed by atoms with Crippen molar-refractivity contribution in [2.45, 2.75) is 31.3 Å². The zero-order valence-electron chi connectivity index (χ0n) is 8.90. The largest absolute Gasteiger partial charge is 0.383 e. The van der Waals surface area contributed by atoms with E-state index in [2.05, 4.69) is 9.44 Å². The quantitative estimate of drug-likeness (QED) is 0.501. The van der Waals surface area contributed by atoms with Crippen molar-refractivity contribution in [3.05, 3.63) is 0 Å². The summed E-state index contributed by atoms with van der Waals surface area (Å²) < 4.78 is 33.0. The summed E-state index contributed by atoms with van der Waals surface area (Å²) in [6.45, 7) is 0.767. The van der Waals surface area contributed by atoms with Gasteiger partial charge in [-0.1, -0.05) is 0 Å². The van der Waals surface area contributed by atoms with Gasteiger partial charge in [0.2, 0.25) is 0 Å². The van der Waals surface area contributed by atoms with Gasteiger partial charge in [0.15, 0.2) is 0 Å². The molecule has 0 bridgehead atoms. The lowest BCUT2D eigenvalue weighted by atomic mass is 10.2. The molecule has 1 aliphatic carbocycles. The topological polar surface area (TPSA) is 93.4 Å². The zero-order valence-corrected chi connectivity index (χ0v) is 9.72. The summed E-state index contributed by atoms with van der Waals surface area (Å²) in [6.07, 6.45) is 2.42. The van der Waals surface area contributed by atoms with Crippen LogP contribution in [0.2, 0.25) is 0 Å². The molecule has 0 heterocycles. The second-order valence-electron chi connectivity index (χ2n) is 3.74. The highest BCUT2D eigenvalue weighted by Gasteiger charge is 2.28. The first-order chi connectivity index (χ1) is 7.07. The molecule has 1 rings (SSSR count). The van der Waals surface area contributed by atoms with Gasteiger partial charge in [-0.2, -0.15) is 17.9 Å². The number of nitrogens with one attached hydrogen (secondary N) is 2. The normalized spacial score (nSPS) is 19.1. The molecule has 0 aromatic rings. The van der Waals surface area contributed by atoms with E-state index in [9.17, 15) is 8.42 Å². The standard InChI is InChI=1S/C8H19N3O3S/c1-14-6-8(4-5-9)11-15(12,13)10-7-2-3-7/h7-8,10-11H,2-6,9H2,1H3. The minimum Gasteiger partial charge on any atom is -0.383 e. The molecular weight excluding hydrogens is 218 g/mol. The van der Waals surface area contributed by atoms with Crippen molar-refractivity contribution in [1.82, 2.24) is 9.44 Å². The van der Waals surface area contributed by atoms with Crippen molar-refractivity contribution in [2.24, 2.45) is 5.73 Å². The van der Waals surface area contributed by atoms with Crippen LogP contribution >= 0.6 is 0 Å². The first kappa shape index (κ1) is 12.9. The van der Waals surface area contributed by atoms with E-state index in [1.54, 1.807) is 0 Å². The molecule has 15 heavy (non-hydrogen) atoms. The van der Waals surface area contributed by atoms with E-state index in [1.165, 1.54) is 7.11 Å². The van der Waals surface area contributed by atoms with Crippen molar-refractivity contribution >= 4 is 10.2 Å². The second-order valence-corrected chi connectivity index (χ2v) is 5.22. The van der Waals surface area contributed by atoms with E-state index in [-0.39, 0.29) is 12.1 Å². The molecule has 0 radical (unpaired) electrons. The fourth-order valence-electron chi connectivity index (χ4n) is 1.25. The number of ether oxygens (including phenoxy) is 1. The molecule has 0 spiro atoms. The summed E-state index contributed by atoms with van der Waals surface area (Å²) in [5, 5.41) is 0. The van der Waals surface area contributed by atoms with Crippen molar-refractivity contribution in [3.63, 3.8) is 0 Å². The Morgan fingerprint density at radius 2 is 2.20 bits per heavy atom. The minimum absolute atomic E-state index is 0.114. The van der Waals surface area contributed by atoms with Gasteiger partial charge in [-0.05, 0) is 25.8 Å². The Morgan fingerprint density at radius 1 is 1.53 bits per heavy atom. The van der Waals surface area contributed by atoms with Crippen molar-refractivity contribution < 1.29 is 13.2 Å². The Balaban J connectivity index is 2.39. The van der Waals surface area contributed by atoms with Crippen molar-refractivity contribution in [2.75, 3.05) is 20.3 Å². The number of nitrogens with two attached hydrogens (primary N) is 1. The van der Waals surface area contributed by atoms with Gasteiger partial charge in [-0.15, -0.1) is 0 Å². The Morgan fingerprint density at radius 3 is 2.67 bits per heavy atom. The van der Waals surface area contributed by atoms with Gasteiger partial charge in [0.05, 0.1) is 6.61 Å². The van der Waals surface area contributed by atoms with Gasteiger partial charge in [0, 0.05) is 19.2 Å². The van der Waals surface area contributed by atoms with Crippen LogP contribution in [0.5, 0.6) is 0 Å². The van der Waals surface area contributed by atoms with E-state index in [1.807, 2.05) is 0 Å². The summed E-state index contributed by atoms with van der Waals surface area (Å²) in [4.78, 5) is 0. The predicted molar refractivity (Wildman–Crippen MR) is 57.5 cm³/mol. The Labute approximate surface area is 90.7 Å². The summed E-state index contributed by atoms with van der Waals surface area (Å²) >= 11 is 0. The van der Waals surface area contributed by atoms with Crippen LogP contribution in [0.15, 0.2) is 0 Å². The highest BCUT2D eigenvalue weighted by atomic mass is 32.2. The summed E-state index contributed by atoms with van der Waals surface area (Å²) in [5.41, 5.74) is 5.38. The molecule has 0 aromatic heterocycles. The Bertz CT molecular complexity index is 271. The van der Waals surface area contributed by atoms with E-state index in [4.69, 9.17) is 10.5 Å². The lowest BCUT2D eigenvalue weighted by Crippen LogP contribution is -2.46. The van der Waals surface area contributed by atoms with Crippen LogP contribution in [0.4, 0.5) is 0 Å². The maximum atomic E-state index is 11.5. The molecule has 0 amide bonds. The highest BCUT2D eigenvalue weighted by molar-refractivity contribution is 7.87. The number of methoxy groups -OCH3 is 1. The number of rotatable bonds is 8. The third kappa shape index (κ3) is 5.43. The third-order valence-electron chi connectivity index (χ3n) is 2.10. The van der Waals surface area contributed by atoms with Gasteiger partial charge in [-0.25, -0.2) is 0 Å². The van der Waals surface area contributed by atoms with Crippen LogP contribution in [0.1, 0.15) is 19.3 Å². The maximum Gasteiger partial charge on any atom is 0.277 e. The molecule has 0 aromatic carbocycles. The maximum absolute atomic E-state index is 11.5. The smallest absolute Gasteiger partial charge is 0.277 e. The van der Waals surface area contributed by atoms with E-state index < -0.39 is 10.2 Å². The monoisotopic (exact) mass is 237 g/mol. The molecular formula is C8H19N3O3S. The van der Waals surface area contributed by atoms with Crippen LogP contribution < -0.4 is 15.2 Å². The molecule has 1 atom stereocenters. The zero-order chi connectivity index (χ0) is 11.3. The molecule has 1 fully saturated rings. The van der Waals surface area contributed by atoms with Gasteiger partial charge < -0.3 is 10.5 Å². The molecule has 1 saturated carbocycles. The van der Waals surface area contributed by atoms with Gasteiger partial charge >= 0.3 is 0 Å². The van der Waals surface area contributed by atoms with E-state index in [0.717, 1.165) is 12.8 Å². The average Bonchev–Trinajstić information content (AvgIpc) is 2.87. The molecule has 7 heteroatoms. The minimum atomic E-state index is -3.40. The van der Waals surface area contributed by atoms with E-state index in [0.29, 0.717) is 19.6 Å². The Hall–Kier alpha value is -0.210. The van der Waals surface area contributed by atoms with Crippen molar-refractivity contribution in [1.29, 1.82) is 0 Å². The van der Waals surface area contributed by atoms with Crippen LogP contribution in [0.25, 0.3) is 0 Å². The van der Waals surface area contributed by atoms with Crippen molar-refractivity contribution in [3.8, 4) is 0 Å². The molecule has 1 unspecified atom stereocenters. The van der Waals surface area contributed by atoms with Gasteiger partial charge in [-0.3, -0.25) is 0 Å². The summed E-state index contributed by atoms with van der Waals surface area (Å²) in [6, 6.07) is -0.139. The molecule has 6 nitrogen and oxygen atoms in total. The fourth-order valence-corrected chi connectivity index (χ4v) is 2.62. The molecule has 4 N–H and O–H groups in total. The van der Waals surface area contributed by atoms with Crippen LogP contribution in [-0.4, -0.2) is 40.8 Å². The van der Waals surface area contributed by atoms with Crippen LogP contribution in [0.3, 0.4) is 0 Å².